The molecule has 0 aromatic carbocycles. The number of nitrogens with one attached hydrogen (secondary N) is 1. The fraction of sp³-hybridized carbons (Fsp3) is 1.00. The predicted molar refractivity (Wildman–Crippen MR) is 81.0 cm³/mol. The van der Waals surface area contributed by atoms with Crippen molar-refractivity contribution in [3.05, 3.63) is 0 Å². The van der Waals surface area contributed by atoms with E-state index in [1.54, 1.807) is 0 Å². The van der Waals surface area contributed by atoms with Crippen molar-refractivity contribution in [3.63, 3.8) is 0 Å². The Bertz CT molecular complexity index is 201. The average molecular weight is 254 g/mol. The Hall–Kier alpha value is -0.0800. The molecule has 2 heteroatoms. The van der Waals surface area contributed by atoms with Crippen LogP contribution < -0.4 is 5.32 Å². The third kappa shape index (κ3) is 5.27. The van der Waals surface area contributed by atoms with Crippen LogP contribution >= 0.6 is 0 Å². The lowest BCUT2D eigenvalue weighted by Crippen LogP contribution is -2.50. The van der Waals surface area contributed by atoms with E-state index in [0.29, 0.717) is 6.04 Å². The van der Waals surface area contributed by atoms with Crippen LogP contribution in [0.3, 0.4) is 0 Å². The first-order valence-electron chi connectivity index (χ1n) is 8.24. The first kappa shape index (κ1) is 16.0. The van der Waals surface area contributed by atoms with Gasteiger partial charge in [0.25, 0.3) is 0 Å². The van der Waals surface area contributed by atoms with Crippen LogP contribution in [-0.2, 0) is 0 Å². The summed E-state index contributed by atoms with van der Waals surface area (Å²) in [5.74, 6) is 1.01. The van der Waals surface area contributed by atoms with Crippen LogP contribution in [0.25, 0.3) is 0 Å². The van der Waals surface area contributed by atoms with Crippen LogP contribution in [0.5, 0.6) is 0 Å². The minimum absolute atomic E-state index is 0.693. The second-order valence-corrected chi connectivity index (χ2v) is 5.86. The monoisotopic (exact) mass is 254 g/mol. The van der Waals surface area contributed by atoms with E-state index >= 15 is 0 Å². The van der Waals surface area contributed by atoms with Crippen LogP contribution in [0.1, 0.15) is 66.2 Å². The van der Waals surface area contributed by atoms with Crippen LogP contribution in [0.2, 0.25) is 0 Å². The zero-order valence-corrected chi connectivity index (χ0v) is 13.0. The number of hydrogen-bond acceptors (Lipinski definition) is 2. The van der Waals surface area contributed by atoms with Crippen LogP contribution in [-0.4, -0.2) is 36.6 Å². The molecule has 1 saturated carbocycles. The number of rotatable bonds is 11. The van der Waals surface area contributed by atoms with Crippen LogP contribution in [0.4, 0.5) is 0 Å². The van der Waals surface area contributed by atoms with E-state index in [-0.39, 0.29) is 0 Å². The van der Waals surface area contributed by atoms with Crippen molar-refractivity contribution < 1.29 is 0 Å². The molecular formula is C16H34N2. The summed E-state index contributed by atoms with van der Waals surface area (Å²) in [5.41, 5.74) is 0. The highest BCUT2D eigenvalue weighted by atomic mass is 15.2. The molecule has 1 rings (SSSR count). The summed E-state index contributed by atoms with van der Waals surface area (Å²) >= 11 is 0. The van der Waals surface area contributed by atoms with Crippen molar-refractivity contribution in [2.45, 2.75) is 78.3 Å². The lowest BCUT2D eigenvalue weighted by atomic mass is 9.98. The van der Waals surface area contributed by atoms with Crippen molar-refractivity contribution in [1.82, 2.24) is 10.2 Å². The van der Waals surface area contributed by atoms with E-state index in [1.807, 2.05) is 0 Å². The Labute approximate surface area is 115 Å². The SMILES string of the molecule is CCCNC(CCC)C(CC)N(CC)CC1CC1. The molecule has 2 nitrogen and oxygen atoms in total. The van der Waals surface area contributed by atoms with E-state index in [0.717, 1.165) is 12.0 Å². The van der Waals surface area contributed by atoms with Gasteiger partial charge in [-0.3, -0.25) is 4.90 Å². The van der Waals surface area contributed by atoms with Gasteiger partial charge in [0, 0.05) is 18.6 Å². The summed E-state index contributed by atoms with van der Waals surface area (Å²) in [6.45, 7) is 13.0. The van der Waals surface area contributed by atoms with Crippen molar-refractivity contribution in [1.29, 1.82) is 0 Å². The minimum atomic E-state index is 0.693. The Morgan fingerprint density at radius 2 is 1.83 bits per heavy atom. The Kier molecular flexibility index (Phi) is 7.92. The molecule has 0 radical (unpaired) electrons. The van der Waals surface area contributed by atoms with Crippen molar-refractivity contribution in [2.24, 2.45) is 5.92 Å². The van der Waals surface area contributed by atoms with Gasteiger partial charge in [0.2, 0.25) is 0 Å². The van der Waals surface area contributed by atoms with E-state index in [1.165, 1.54) is 58.2 Å². The van der Waals surface area contributed by atoms with E-state index in [4.69, 9.17) is 0 Å². The van der Waals surface area contributed by atoms with Gasteiger partial charge in [-0.25, -0.2) is 0 Å². The van der Waals surface area contributed by atoms with Gasteiger partial charge >= 0.3 is 0 Å². The molecule has 2 unspecified atom stereocenters. The van der Waals surface area contributed by atoms with E-state index in [9.17, 15) is 0 Å². The molecule has 1 aliphatic rings. The molecule has 0 aliphatic heterocycles. The normalized spacial score (nSPS) is 19.2. The van der Waals surface area contributed by atoms with Gasteiger partial charge in [-0.1, -0.05) is 34.1 Å². The minimum Gasteiger partial charge on any atom is -0.312 e. The van der Waals surface area contributed by atoms with Gasteiger partial charge < -0.3 is 5.32 Å². The summed E-state index contributed by atoms with van der Waals surface area (Å²) in [4.78, 5) is 2.74. The lowest BCUT2D eigenvalue weighted by molar-refractivity contribution is 0.147. The fourth-order valence-electron chi connectivity index (χ4n) is 3.00. The predicted octanol–water partition coefficient (Wildman–Crippen LogP) is 3.67. The van der Waals surface area contributed by atoms with E-state index in [2.05, 4.69) is 37.9 Å². The Morgan fingerprint density at radius 3 is 2.28 bits per heavy atom. The third-order valence-electron chi connectivity index (χ3n) is 4.20. The Balaban J connectivity index is 2.54. The summed E-state index contributed by atoms with van der Waals surface area (Å²) in [6.07, 6.45) is 8.06. The quantitative estimate of drug-likeness (QED) is 0.605. The maximum Gasteiger partial charge on any atom is 0.0246 e. The molecule has 0 spiro atoms. The number of nitrogens with zero attached hydrogens (tertiary/aromatic N) is 1. The average Bonchev–Trinajstić information content (AvgIpc) is 3.19. The molecular weight excluding hydrogens is 220 g/mol. The zero-order chi connectivity index (χ0) is 13.4. The Morgan fingerprint density at radius 1 is 1.11 bits per heavy atom. The molecule has 0 amide bonds. The molecule has 1 fully saturated rings. The topological polar surface area (TPSA) is 15.3 Å². The molecule has 0 bridgehead atoms. The molecule has 2 atom stereocenters. The maximum absolute atomic E-state index is 3.79. The van der Waals surface area contributed by atoms with Crippen molar-refractivity contribution >= 4 is 0 Å². The van der Waals surface area contributed by atoms with E-state index < -0.39 is 0 Å². The number of hydrogen-bond donors (Lipinski definition) is 1. The van der Waals surface area contributed by atoms with Gasteiger partial charge in [-0.05, 0) is 51.1 Å². The lowest BCUT2D eigenvalue weighted by Gasteiger charge is -2.37. The smallest absolute Gasteiger partial charge is 0.0246 e. The summed E-state index contributed by atoms with van der Waals surface area (Å²) < 4.78 is 0. The van der Waals surface area contributed by atoms with Gasteiger partial charge in [-0.15, -0.1) is 0 Å². The molecule has 108 valence electrons. The third-order valence-corrected chi connectivity index (χ3v) is 4.20. The standard InChI is InChI=1S/C16H34N2/c1-5-9-15(17-12-6-2)16(7-3)18(8-4)13-14-10-11-14/h14-17H,5-13H2,1-4H3. The number of likely N-dealkylation sites (N-methyl/N-ethyl adjacent to an activating group) is 1. The fourth-order valence-corrected chi connectivity index (χ4v) is 3.00. The van der Waals surface area contributed by atoms with Crippen LogP contribution in [0, 0.1) is 5.92 Å². The summed E-state index contributed by atoms with van der Waals surface area (Å²) in [5, 5.41) is 3.79. The highest BCUT2D eigenvalue weighted by Crippen LogP contribution is 2.31. The molecule has 18 heavy (non-hydrogen) atoms. The summed E-state index contributed by atoms with van der Waals surface area (Å²) in [7, 11) is 0. The highest BCUT2D eigenvalue weighted by Gasteiger charge is 2.29. The van der Waals surface area contributed by atoms with Gasteiger partial charge in [-0.2, -0.15) is 0 Å². The van der Waals surface area contributed by atoms with Gasteiger partial charge in [0.1, 0.15) is 0 Å². The van der Waals surface area contributed by atoms with Crippen LogP contribution in [0.15, 0.2) is 0 Å². The van der Waals surface area contributed by atoms with Crippen molar-refractivity contribution in [3.8, 4) is 0 Å². The highest BCUT2D eigenvalue weighted by molar-refractivity contribution is 4.86. The second-order valence-electron chi connectivity index (χ2n) is 5.86. The largest absolute Gasteiger partial charge is 0.312 e. The zero-order valence-electron chi connectivity index (χ0n) is 13.0. The van der Waals surface area contributed by atoms with Gasteiger partial charge in [0.15, 0.2) is 0 Å². The molecule has 0 aromatic rings. The molecule has 0 aromatic heterocycles. The molecule has 1 aliphatic carbocycles. The second kappa shape index (κ2) is 8.92. The summed E-state index contributed by atoms with van der Waals surface area (Å²) in [6, 6.07) is 1.43. The van der Waals surface area contributed by atoms with Gasteiger partial charge in [0.05, 0.1) is 0 Å². The maximum atomic E-state index is 3.79. The first-order valence-corrected chi connectivity index (χ1v) is 8.24. The molecule has 0 heterocycles. The van der Waals surface area contributed by atoms with Crippen molar-refractivity contribution in [2.75, 3.05) is 19.6 Å². The molecule has 0 saturated heterocycles. The first-order chi connectivity index (χ1) is 8.76. The molecule has 1 N–H and O–H groups in total.